The number of amides is 3. The van der Waals surface area contributed by atoms with Crippen LogP contribution in [0.2, 0.25) is 0 Å². The third-order valence-electron chi connectivity index (χ3n) is 6.54. The lowest BCUT2D eigenvalue weighted by molar-refractivity contribution is -0.129. The van der Waals surface area contributed by atoms with E-state index in [0.717, 1.165) is 11.1 Å². The van der Waals surface area contributed by atoms with E-state index in [1.54, 1.807) is 29.3 Å². The number of benzene rings is 2. The van der Waals surface area contributed by atoms with Crippen molar-refractivity contribution >= 4 is 29.5 Å². The first-order valence-corrected chi connectivity index (χ1v) is 10.2. The van der Waals surface area contributed by atoms with Crippen molar-refractivity contribution in [2.45, 2.75) is 12.1 Å². The number of imide groups is 1. The molecule has 6 rings (SSSR count). The number of fused-ring (bicyclic) bond motifs is 6. The SMILES string of the molecule is NC(=O)[C@@H]1[C@@H]2C(=O)N(c3ccc4c(c3)OCCO4)C(=O)[C@@H]2[C@@H]2c3ccccc3C=CN12. The number of rotatable bonds is 2. The normalized spacial score (nSPS) is 27.7. The topological polar surface area (TPSA) is 102 Å². The molecule has 0 unspecified atom stereocenters. The number of primary amides is 1. The van der Waals surface area contributed by atoms with Crippen molar-refractivity contribution in [1.82, 2.24) is 4.90 Å². The average Bonchev–Trinajstić information content (AvgIpc) is 3.26. The largest absolute Gasteiger partial charge is 0.486 e. The van der Waals surface area contributed by atoms with Gasteiger partial charge in [-0.3, -0.25) is 14.4 Å². The standard InChI is InChI=1S/C23H19N3O5/c24-21(27)20-18-17(19-14-4-2-1-3-12(14)7-8-25(19)20)22(28)26(23(18)29)13-5-6-15-16(11-13)31-10-9-30-15/h1-8,11,17-20H,9-10H2,(H2,24,27)/t17-,18+,19-,20-/m0/s1. The predicted octanol–water partition coefficient (Wildman–Crippen LogP) is 1.46. The van der Waals surface area contributed by atoms with Crippen LogP contribution in [0, 0.1) is 11.8 Å². The summed E-state index contributed by atoms with van der Waals surface area (Å²) in [6.45, 7) is 0.844. The fourth-order valence-corrected chi connectivity index (χ4v) is 5.31. The van der Waals surface area contributed by atoms with E-state index in [4.69, 9.17) is 15.2 Å². The van der Waals surface area contributed by atoms with Crippen molar-refractivity contribution < 1.29 is 23.9 Å². The molecule has 8 nitrogen and oxygen atoms in total. The summed E-state index contributed by atoms with van der Waals surface area (Å²) in [6.07, 6.45) is 3.66. The van der Waals surface area contributed by atoms with Gasteiger partial charge in [0.25, 0.3) is 0 Å². The summed E-state index contributed by atoms with van der Waals surface area (Å²) in [7, 11) is 0. The Morgan fingerprint density at radius 2 is 1.71 bits per heavy atom. The number of anilines is 1. The fourth-order valence-electron chi connectivity index (χ4n) is 5.31. The summed E-state index contributed by atoms with van der Waals surface area (Å²) in [4.78, 5) is 42.5. The van der Waals surface area contributed by atoms with Gasteiger partial charge in [0, 0.05) is 12.3 Å². The zero-order chi connectivity index (χ0) is 21.3. The Balaban J connectivity index is 1.46. The van der Waals surface area contributed by atoms with Crippen LogP contribution in [-0.2, 0) is 14.4 Å². The Hall–Kier alpha value is -3.81. The molecule has 3 amide bonds. The lowest BCUT2D eigenvalue weighted by Crippen LogP contribution is -2.46. The molecule has 4 atom stereocenters. The second-order valence-electron chi connectivity index (χ2n) is 8.08. The van der Waals surface area contributed by atoms with Crippen LogP contribution in [-0.4, -0.2) is 41.9 Å². The minimum atomic E-state index is -0.890. The monoisotopic (exact) mass is 417 g/mol. The first-order chi connectivity index (χ1) is 15.1. The van der Waals surface area contributed by atoms with Crippen LogP contribution in [0.4, 0.5) is 5.69 Å². The summed E-state index contributed by atoms with van der Waals surface area (Å²) >= 11 is 0. The molecular weight excluding hydrogens is 398 g/mol. The molecule has 31 heavy (non-hydrogen) atoms. The van der Waals surface area contributed by atoms with E-state index >= 15 is 0 Å². The maximum absolute atomic E-state index is 13.6. The van der Waals surface area contributed by atoms with Gasteiger partial charge >= 0.3 is 0 Å². The van der Waals surface area contributed by atoms with Gasteiger partial charge in [-0.25, -0.2) is 4.90 Å². The zero-order valence-corrected chi connectivity index (χ0v) is 16.4. The number of hydrogen-bond acceptors (Lipinski definition) is 6. The predicted molar refractivity (Wildman–Crippen MR) is 110 cm³/mol. The minimum absolute atomic E-state index is 0.337. The van der Waals surface area contributed by atoms with Crippen molar-refractivity contribution in [3.63, 3.8) is 0 Å². The van der Waals surface area contributed by atoms with Gasteiger partial charge in [-0.2, -0.15) is 0 Å². The Morgan fingerprint density at radius 1 is 0.968 bits per heavy atom. The molecule has 2 saturated heterocycles. The Kier molecular flexibility index (Phi) is 3.68. The maximum atomic E-state index is 13.6. The highest BCUT2D eigenvalue weighted by atomic mass is 16.6. The van der Waals surface area contributed by atoms with E-state index in [0.29, 0.717) is 30.4 Å². The summed E-state index contributed by atoms with van der Waals surface area (Å²) < 4.78 is 11.2. The Bertz CT molecular complexity index is 1180. The summed E-state index contributed by atoms with van der Waals surface area (Å²) in [5.41, 5.74) is 8.01. The highest BCUT2D eigenvalue weighted by Crippen LogP contribution is 2.53. The molecule has 156 valence electrons. The average molecular weight is 417 g/mol. The van der Waals surface area contributed by atoms with Crippen molar-refractivity contribution in [2.24, 2.45) is 17.6 Å². The van der Waals surface area contributed by atoms with E-state index in [2.05, 4.69) is 0 Å². The molecule has 0 radical (unpaired) electrons. The van der Waals surface area contributed by atoms with E-state index < -0.39 is 35.7 Å². The van der Waals surface area contributed by atoms with E-state index in [-0.39, 0.29) is 5.91 Å². The molecule has 0 saturated carbocycles. The van der Waals surface area contributed by atoms with Gasteiger partial charge in [-0.1, -0.05) is 24.3 Å². The van der Waals surface area contributed by atoms with Crippen molar-refractivity contribution in [2.75, 3.05) is 18.1 Å². The maximum Gasteiger partial charge on any atom is 0.240 e. The fraction of sp³-hybridized carbons (Fsp3) is 0.261. The number of nitrogens with two attached hydrogens (primary N) is 1. The number of carbonyl (C=O) groups excluding carboxylic acids is 3. The lowest BCUT2D eigenvalue weighted by atomic mass is 9.84. The molecule has 8 heteroatoms. The first-order valence-electron chi connectivity index (χ1n) is 10.2. The van der Waals surface area contributed by atoms with Crippen LogP contribution in [0.1, 0.15) is 17.2 Å². The minimum Gasteiger partial charge on any atom is -0.486 e. The molecule has 2 aromatic carbocycles. The number of nitrogens with zero attached hydrogens (tertiary/aromatic N) is 2. The van der Waals surface area contributed by atoms with Gasteiger partial charge in [-0.05, 0) is 29.3 Å². The number of hydrogen-bond donors (Lipinski definition) is 1. The molecule has 0 spiro atoms. The van der Waals surface area contributed by atoms with Gasteiger partial charge in [0.1, 0.15) is 19.3 Å². The molecule has 2 fully saturated rings. The van der Waals surface area contributed by atoms with E-state index in [1.165, 1.54) is 4.90 Å². The molecule has 0 aliphatic carbocycles. The van der Waals surface area contributed by atoms with E-state index in [1.807, 2.05) is 30.3 Å². The third-order valence-corrected chi connectivity index (χ3v) is 6.54. The molecular formula is C23H19N3O5. The zero-order valence-electron chi connectivity index (χ0n) is 16.4. The van der Waals surface area contributed by atoms with Gasteiger partial charge in [0.05, 0.1) is 23.6 Å². The van der Waals surface area contributed by atoms with E-state index in [9.17, 15) is 14.4 Å². The van der Waals surface area contributed by atoms with Crippen molar-refractivity contribution in [1.29, 1.82) is 0 Å². The van der Waals surface area contributed by atoms with Crippen LogP contribution >= 0.6 is 0 Å². The summed E-state index contributed by atoms with van der Waals surface area (Å²) in [5, 5.41) is 0. The molecule has 4 aliphatic rings. The molecule has 2 N–H and O–H groups in total. The van der Waals surface area contributed by atoms with Gasteiger partial charge in [0.15, 0.2) is 11.5 Å². The van der Waals surface area contributed by atoms with Crippen molar-refractivity contribution in [3.8, 4) is 11.5 Å². The molecule has 0 aromatic heterocycles. The summed E-state index contributed by atoms with van der Waals surface area (Å²) in [5.74, 6) is -1.87. The first kappa shape index (κ1) is 18.0. The number of carbonyl (C=O) groups is 3. The van der Waals surface area contributed by atoms with Crippen LogP contribution in [0.25, 0.3) is 6.08 Å². The van der Waals surface area contributed by atoms with Crippen LogP contribution in [0.5, 0.6) is 11.5 Å². The van der Waals surface area contributed by atoms with Crippen LogP contribution < -0.4 is 20.1 Å². The molecule has 4 heterocycles. The Morgan fingerprint density at radius 3 is 2.52 bits per heavy atom. The highest BCUT2D eigenvalue weighted by molar-refractivity contribution is 6.24. The van der Waals surface area contributed by atoms with Crippen LogP contribution in [0.15, 0.2) is 48.7 Å². The second-order valence-corrected chi connectivity index (χ2v) is 8.08. The number of ether oxygens (including phenoxy) is 2. The summed E-state index contributed by atoms with van der Waals surface area (Å²) in [6, 6.07) is 11.4. The quantitative estimate of drug-likeness (QED) is 0.743. The van der Waals surface area contributed by atoms with Gasteiger partial charge < -0.3 is 20.1 Å². The molecule has 2 aromatic rings. The van der Waals surface area contributed by atoms with Crippen molar-refractivity contribution in [3.05, 3.63) is 59.8 Å². The smallest absolute Gasteiger partial charge is 0.240 e. The molecule has 0 bridgehead atoms. The second kappa shape index (κ2) is 6.34. The Labute approximate surface area is 177 Å². The molecule has 4 aliphatic heterocycles. The van der Waals surface area contributed by atoms with Crippen LogP contribution in [0.3, 0.4) is 0 Å². The third kappa shape index (κ3) is 2.38. The highest BCUT2D eigenvalue weighted by Gasteiger charge is 2.64. The van der Waals surface area contributed by atoms with Gasteiger partial charge in [0.2, 0.25) is 17.7 Å². The van der Waals surface area contributed by atoms with Gasteiger partial charge in [-0.15, -0.1) is 0 Å². The lowest BCUT2D eigenvalue weighted by Gasteiger charge is -2.34.